The Morgan fingerprint density at radius 3 is 2.30 bits per heavy atom. The number of nitrogens with one attached hydrogen (secondary N) is 1. The number of carbonyl (C=O) groups is 1. The number of benzene rings is 3. The van der Waals surface area contributed by atoms with Crippen molar-refractivity contribution < 1.29 is 14.3 Å². The first-order chi connectivity index (χ1) is 16.1. The molecule has 0 spiro atoms. The van der Waals surface area contributed by atoms with Gasteiger partial charge < -0.3 is 10.4 Å². The SMILES string of the molecule is O=C(Cc1ccc(F)cc1)Nc1ncc(-c2ccc(CO)cc2)nc1/C=C/c1ccccc1. The van der Waals surface area contributed by atoms with Gasteiger partial charge in [-0.2, -0.15) is 0 Å². The molecular weight excluding hydrogens is 417 g/mol. The van der Waals surface area contributed by atoms with Crippen LogP contribution in [-0.4, -0.2) is 21.0 Å². The predicted molar refractivity (Wildman–Crippen MR) is 127 cm³/mol. The van der Waals surface area contributed by atoms with Gasteiger partial charge in [0.1, 0.15) is 11.5 Å². The minimum Gasteiger partial charge on any atom is -0.392 e. The lowest BCUT2D eigenvalue weighted by atomic mass is 10.1. The van der Waals surface area contributed by atoms with Crippen molar-refractivity contribution in [3.63, 3.8) is 0 Å². The lowest BCUT2D eigenvalue weighted by molar-refractivity contribution is -0.115. The first-order valence-electron chi connectivity index (χ1n) is 10.5. The molecular formula is C27H22FN3O2. The number of anilines is 1. The first-order valence-corrected chi connectivity index (χ1v) is 10.5. The summed E-state index contributed by atoms with van der Waals surface area (Å²) in [5, 5.41) is 12.1. The minimum absolute atomic E-state index is 0.0317. The molecule has 1 amide bonds. The summed E-state index contributed by atoms with van der Waals surface area (Å²) in [6.07, 6.45) is 5.40. The van der Waals surface area contributed by atoms with Gasteiger partial charge in [0.25, 0.3) is 0 Å². The molecule has 0 fully saturated rings. The van der Waals surface area contributed by atoms with Crippen LogP contribution in [0.2, 0.25) is 0 Å². The second-order valence-electron chi connectivity index (χ2n) is 7.44. The highest BCUT2D eigenvalue weighted by molar-refractivity contribution is 5.93. The van der Waals surface area contributed by atoms with Crippen molar-refractivity contribution in [1.29, 1.82) is 0 Å². The molecule has 1 heterocycles. The van der Waals surface area contributed by atoms with E-state index in [1.165, 1.54) is 12.1 Å². The van der Waals surface area contributed by atoms with Crippen LogP contribution in [-0.2, 0) is 17.8 Å². The average Bonchev–Trinajstić information content (AvgIpc) is 2.85. The van der Waals surface area contributed by atoms with Crippen molar-refractivity contribution >= 4 is 23.9 Å². The number of aliphatic hydroxyl groups excluding tert-OH is 1. The number of aromatic nitrogens is 2. The summed E-state index contributed by atoms with van der Waals surface area (Å²) >= 11 is 0. The molecule has 5 nitrogen and oxygen atoms in total. The number of carbonyl (C=O) groups excluding carboxylic acids is 1. The minimum atomic E-state index is -0.346. The van der Waals surface area contributed by atoms with E-state index in [0.29, 0.717) is 22.8 Å². The van der Waals surface area contributed by atoms with E-state index in [4.69, 9.17) is 4.98 Å². The van der Waals surface area contributed by atoms with Gasteiger partial charge in [-0.25, -0.2) is 14.4 Å². The van der Waals surface area contributed by atoms with Gasteiger partial charge in [-0.3, -0.25) is 4.79 Å². The van der Waals surface area contributed by atoms with Crippen molar-refractivity contribution in [3.8, 4) is 11.3 Å². The maximum Gasteiger partial charge on any atom is 0.230 e. The summed E-state index contributed by atoms with van der Waals surface area (Å²) < 4.78 is 13.1. The van der Waals surface area contributed by atoms with Crippen LogP contribution < -0.4 is 5.32 Å². The molecule has 0 aliphatic heterocycles. The third-order valence-corrected chi connectivity index (χ3v) is 5.00. The first kappa shape index (κ1) is 22.0. The lowest BCUT2D eigenvalue weighted by Gasteiger charge is -2.10. The van der Waals surface area contributed by atoms with E-state index in [2.05, 4.69) is 10.3 Å². The Kier molecular flexibility index (Phi) is 6.97. The number of aliphatic hydroxyl groups is 1. The lowest BCUT2D eigenvalue weighted by Crippen LogP contribution is -2.16. The van der Waals surface area contributed by atoms with E-state index in [9.17, 15) is 14.3 Å². The zero-order chi connectivity index (χ0) is 23.0. The number of amides is 1. The molecule has 0 aliphatic rings. The molecule has 33 heavy (non-hydrogen) atoms. The van der Waals surface area contributed by atoms with Gasteiger partial charge in [0.15, 0.2) is 5.82 Å². The van der Waals surface area contributed by atoms with Crippen LogP contribution in [0.1, 0.15) is 22.4 Å². The molecule has 0 radical (unpaired) electrons. The monoisotopic (exact) mass is 439 g/mol. The fraction of sp³-hybridized carbons (Fsp3) is 0.0741. The van der Waals surface area contributed by atoms with E-state index >= 15 is 0 Å². The van der Waals surface area contributed by atoms with E-state index < -0.39 is 0 Å². The Morgan fingerprint density at radius 2 is 1.61 bits per heavy atom. The van der Waals surface area contributed by atoms with Crippen LogP contribution in [0.15, 0.2) is 85.1 Å². The molecule has 1 aromatic heterocycles. The van der Waals surface area contributed by atoms with Gasteiger partial charge in [-0.15, -0.1) is 0 Å². The average molecular weight is 439 g/mol. The summed E-state index contributed by atoms with van der Waals surface area (Å²) in [6.45, 7) is -0.0317. The highest BCUT2D eigenvalue weighted by Gasteiger charge is 2.11. The third kappa shape index (κ3) is 5.96. The smallest absolute Gasteiger partial charge is 0.230 e. The highest BCUT2D eigenvalue weighted by atomic mass is 19.1. The van der Waals surface area contributed by atoms with Crippen LogP contribution >= 0.6 is 0 Å². The molecule has 0 bridgehead atoms. The molecule has 4 rings (SSSR count). The Bertz CT molecular complexity index is 1260. The van der Waals surface area contributed by atoms with Crippen LogP contribution in [0.4, 0.5) is 10.2 Å². The summed E-state index contributed by atoms with van der Waals surface area (Å²) in [5.74, 6) is -0.281. The molecule has 4 aromatic rings. The Balaban J connectivity index is 1.61. The third-order valence-electron chi connectivity index (χ3n) is 5.00. The highest BCUT2D eigenvalue weighted by Crippen LogP contribution is 2.22. The molecule has 0 saturated carbocycles. The zero-order valence-electron chi connectivity index (χ0n) is 17.8. The largest absolute Gasteiger partial charge is 0.392 e. The van der Waals surface area contributed by atoms with Crippen LogP contribution in [0.25, 0.3) is 23.4 Å². The van der Waals surface area contributed by atoms with Gasteiger partial charge in [0.05, 0.1) is 24.9 Å². The van der Waals surface area contributed by atoms with Crippen molar-refractivity contribution in [2.24, 2.45) is 0 Å². The summed E-state index contributed by atoms with van der Waals surface area (Å²) in [7, 11) is 0. The fourth-order valence-electron chi connectivity index (χ4n) is 3.24. The number of hydrogen-bond donors (Lipinski definition) is 2. The molecule has 0 saturated heterocycles. The van der Waals surface area contributed by atoms with Crippen molar-refractivity contribution in [1.82, 2.24) is 9.97 Å². The number of nitrogens with zero attached hydrogens (tertiary/aromatic N) is 2. The van der Waals surface area contributed by atoms with Crippen molar-refractivity contribution in [2.45, 2.75) is 13.0 Å². The molecule has 2 N–H and O–H groups in total. The summed E-state index contributed by atoms with van der Waals surface area (Å²) in [4.78, 5) is 21.8. The van der Waals surface area contributed by atoms with Gasteiger partial charge in [0, 0.05) is 5.56 Å². The maximum absolute atomic E-state index is 13.1. The number of rotatable bonds is 7. The second kappa shape index (κ2) is 10.4. The van der Waals surface area contributed by atoms with Gasteiger partial charge in [-0.05, 0) is 34.9 Å². The van der Waals surface area contributed by atoms with Gasteiger partial charge in [-0.1, -0.05) is 72.8 Å². The van der Waals surface area contributed by atoms with Crippen molar-refractivity contribution in [3.05, 3.63) is 113 Å². The van der Waals surface area contributed by atoms with Crippen molar-refractivity contribution in [2.75, 3.05) is 5.32 Å². The second-order valence-corrected chi connectivity index (χ2v) is 7.44. The van der Waals surface area contributed by atoms with E-state index in [-0.39, 0.29) is 24.8 Å². The van der Waals surface area contributed by atoms with Gasteiger partial charge >= 0.3 is 0 Å². The topological polar surface area (TPSA) is 75.1 Å². The van der Waals surface area contributed by atoms with Crippen LogP contribution in [0.5, 0.6) is 0 Å². The molecule has 0 atom stereocenters. The quantitative estimate of drug-likeness (QED) is 0.419. The molecule has 164 valence electrons. The maximum atomic E-state index is 13.1. The van der Waals surface area contributed by atoms with E-state index in [0.717, 1.165) is 16.7 Å². The van der Waals surface area contributed by atoms with E-state index in [1.54, 1.807) is 24.4 Å². The Labute approximate surface area is 191 Å². The van der Waals surface area contributed by atoms with Gasteiger partial charge in [0.2, 0.25) is 5.91 Å². The molecule has 0 aliphatic carbocycles. The van der Waals surface area contributed by atoms with Crippen LogP contribution in [0.3, 0.4) is 0 Å². The zero-order valence-corrected chi connectivity index (χ0v) is 17.8. The summed E-state index contributed by atoms with van der Waals surface area (Å²) in [6, 6.07) is 23.0. The number of halogens is 1. The van der Waals surface area contributed by atoms with Crippen LogP contribution in [0, 0.1) is 5.82 Å². The normalized spacial score (nSPS) is 11.0. The predicted octanol–water partition coefficient (Wildman–Crippen LogP) is 5.13. The number of hydrogen-bond acceptors (Lipinski definition) is 4. The molecule has 0 unspecified atom stereocenters. The molecule has 6 heteroatoms. The van der Waals surface area contributed by atoms with E-state index in [1.807, 2.05) is 60.7 Å². The standard InChI is InChI=1S/C27H22FN3O2/c28-23-13-8-20(9-14-23)16-26(33)31-27-24(15-10-19-4-2-1-3-5-19)30-25(17-29-27)22-11-6-21(18-32)7-12-22/h1-15,17,32H,16,18H2,(H,29,31,33)/b15-10+. The fourth-order valence-corrected chi connectivity index (χ4v) is 3.24. The molecule has 3 aromatic carbocycles. The Hall–Kier alpha value is -4.16. The Morgan fingerprint density at radius 1 is 0.909 bits per heavy atom. The summed E-state index contributed by atoms with van der Waals surface area (Å²) in [5.41, 5.74) is 4.49.